The predicted molar refractivity (Wildman–Crippen MR) is 107 cm³/mol. The zero-order valence-corrected chi connectivity index (χ0v) is 16.7. The van der Waals surface area contributed by atoms with Crippen LogP contribution in [-0.4, -0.2) is 56.6 Å². The zero-order chi connectivity index (χ0) is 17.9. The lowest BCUT2D eigenvalue weighted by atomic mass is 10.0. The quantitative estimate of drug-likeness (QED) is 0.495. The number of thioether (sulfide) groups is 1. The van der Waals surface area contributed by atoms with Crippen LogP contribution in [0.15, 0.2) is 16.6 Å². The number of aromatic amines is 1. The molecule has 0 unspecified atom stereocenters. The maximum atomic E-state index is 4.71. The van der Waals surface area contributed by atoms with E-state index in [1.807, 2.05) is 13.8 Å². The summed E-state index contributed by atoms with van der Waals surface area (Å²) in [5.74, 6) is 3.81. The highest BCUT2D eigenvalue weighted by atomic mass is 32.2. The summed E-state index contributed by atoms with van der Waals surface area (Å²) in [5, 5.41) is 14.8. The molecule has 4 rings (SSSR count). The number of aromatic nitrogens is 5. The lowest BCUT2D eigenvalue weighted by Gasteiger charge is -2.33. The Kier molecular flexibility index (Phi) is 5.37. The van der Waals surface area contributed by atoms with Crippen LogP contribution in [0, 0.1) is 13.8 Å². The van der Waals surface area contributed by atoms with E-state index in [9.17, 15) is 0 Å². The largest absolute Gasteiger partial charge is 0.356 e. The van der Waals surface area contributed by atoms with Crippen molar-refractivity contribution >= 4 is 39.1 Å². The summed E-state index contributed by atoms with van der Waals surface area (Å²) in [6, 6.07) is 2.71. The number of hydrogen-bond donors (Lipinski definition) is 2. The molecule has 3 aromatic rings. The van der Waals surface area contributed by atoms with Gasteiger partial charge in [0, 0.05) is 31.4 Å². The van der Waals surface area contributed by atoms with Crippen LogP contribution < -0.4 is 10.2 Å². The molecule has 0 radical (unpaired) electrons. The Labute approximate surface area is 161 Å². The first kappa shape index (κ1) is 17.7. The van der Waals surface area contributed by atoms with Crippen LogP contribution in [-0.2, 0) is 0 Å². The number of hydrogen-bond acceptors (Lipinski definition) is 8. The van der Waals surface area contributed by atoms with Gasteiger partial charge in [-0.1, -0.05) is 11.8 Å². The van der Waals surface area contributed by atoms with Gasteiger partial charge in [-0.15, -0.1) is 16.4 Å². The Morgan fingerprint density at radius 2 is 2.12 bits per heavy atom. The molecule has 0 saturated carbocycles. The molecule has 1 saturated heterocycles. The van der Waals surface area contributed by atoms with E-state index in [2.05, 4.69) is 41.8 Å². The van der Waals surface area contributed by atoms with E-state index in [1.165, 1.54) is 5.39 Å². The second kappa shape index (κ2) is 7.89. The highest BCUT2D eigenvalue weighted by molar-refractivity contribution is 7.99. The Morgan fingerprint density at radius 3 is 2.88 bits per heavy atom. The van der Waals surface area contributed by atoms with Gasteiger partial charge in [0.2, 0.25) is 5.16 Å². The lowest BCUT2D eigenvalue weighted by Crippen LogP contribution is -2.43. The van der Waals surface area contributed by atoms with Crippen LogP contribution in [0.25, 0.3) is 10.2 Å². The molecule has 0 amide bonds. The zero-order valence-electron chi connectivity index (χ0n) is 15.0. The van der Waals surface area contributed by atoms with Gasteiger partial charge in [-0.05, 0) is 38.1 Å². The highest BCUT2D eigenvalue weighted by Gasteiger charge is 2.22. The summed E-state index contributed by atoms with van der Waals surface area (Å²) in [4.78, 5) is 17.1. The number of nitrogens with one attached hydrogen (secondary N) is 2. The minimum atomic E-state index is 0.571. The number of H-pyrrole nitrogens is 1. The maximum absolute atomic E-state index is 4.71. The first-order chi connectivity index (χ1) is 12.7. The van der Waals surface area contributed by atoms with E-state index in [4.69, 9.17) is 4.98 Å². The van der Waals surface area contributed by atoms with Crippen molar-refractivity contribution in [3.05, 3.63) is 23.1 Å². The van der Waals surface area contributed by atoms with Crippen LogP contribution in [0.5, 0.6) is 0 Å². The van der Waals surface area contributed by atoms with E-state index in [-0.39, 0.29) is 0 Å². The normalized spacial score (nSPS) is 15.8. The van der Waals surface area contributed by atoms with Crippen molar-refractivity contribution in [2.75, 3.05) is 30.3 Å². The molecule has 26 heavy (non-hydrogen) atoms. The summed E-state index contributed by atoms with van der Waals surface area (Å²) >= 11 is 3.38. The molecule has 0 aromatic carbocycles. The molecule has 1 aliphatic heterocycles. The van der Waals surface area contributed by atoms with E-state index in [0.29, 0.717) is 6.04 Å². The van der Waals surface area contributed by atoms with Gasteiger partial charge in [0.1, 0.15) is 22.3 Å². The molecular weight excluding hydrogens is 366 g/mol. The van der Waals surface area contributed by atoms with Crippen molar-refractivity contribution < 1.29 is 0 Å². The minimum absolute atomic E-state index is 0.571. The van der Waals surface area contributed by atoms with E-state index >= 15 is 0 Å². The molecule has 2 N–H and O–H groups in total. The molecule has 1 aliphatic rings. The van der Waals surface area contributed by atoms with Gasteiger partial charge in [0.05, 0.1) is 5.39 Å². The molecule has 7 nitrogen and oxygen atoms in total. The first-order valence-corrected chi connectivity index (χ1v) is 10.8. The van der Waals surface area contributed by atoms with Crippen LogP contribution in [0.2, 0.25) is 0 Å². The predicted octanol–water partition coefficient (Wildman–Crippen LogP) is 2.78. The molecule has 0 aliphatic carbocycles. The van der Waals surface area contributed by atoms with Crippen LogP contribution in [0.3, 0.4) is 0 Å². The average Bonchev–Trinajstić information content (AvgIpc) is 3.27. The van der Waals surface area contributed by atoms with Crippen molar-refractivity contribution in [2.45, 2.75) is 37.9 Å². The Morgan fingerprint density at radius 1 is 1.27 bits per heavy atom. The highest BCUT2D eigenvalue weighted by Crippen LogP contribution is 2.29. The molecule has 0 spiro atoms. The standard InChI is InChI=1S/C17H23N7S2/c1-11-19-15(14-5-9-25-16(14)20-11)24-7-3-13(4-8-24)18-6-10-26-17-21-12(2)22-23-17/h5,9,13,18H,3-4,6-8,10H2,1-2H3,(H,21,22,23). The fraction of sp³-hybridized carbons (Fsp3) is 0.529. The second-order valence-corrected chi connectivity index (χ2v) is 8.46. The molecule has 4 heterocycles. The van der Waals surface area contributed by atoms with Crippen molar-refractivity contribution in [2.24, 2.45) is 0 Å². The van der Waals surface area contributed by atoms with Gasteiger partial charge in [0.15, 0.2) is 0 Å². The molecule has 138 valence electrons. The van der Waals surface area contributed by atoms with Crippen molar-refractivity contribution in [1.29, 1.82) is 0 Å². The Hall–Kier alpha value is -1.71. The van der Waals surface area contributed by atoms with Gasteiger partial charge in [-0.25, -0.2) is 15.0 Å². The number of anilines is 1. The number of aryl methyl sites for hydroxylation is 2. The second-order valence-electron chi connectivity index (χ2n) is 6.50. The number of fused-ring (bicyclic) bond motifs is 1. The van der Waals surface area contributed by atoms with Crippen molar-refractivity contribution in [3.8, 4) is 0 Å². The monoisotopic (exact) mass is 389 g/mol. The van der Waals surface area contributed by atoms with Gasteiger partial charge in [-0.3, -0.25) is 5.10 Å². The summed E-state index contributed by atoms with van der Waals surface area (Å²) in [5.41, 5.74) is 0. The van der Waals surface area contributed by atoms with Crippen LogP contribution in [0.4, 0.5) is 5.82 Å². The topological polar surface area (TPSA) is 82.6 Å². The fourth-order valence-electron chi connectivity index (χ4n) is 3.27. The molecule has 3 aromatic heterocycles. The third-order valence-electron chi connectivity index (χ3n) is 4.55. The molecule has 1 fully saturated rings. The number of nitrogens with zero attached hydrogens (tertiary/aromatic N) is 5. The van der Waals surface area contributed by atoms with Gasteiger partial charge >= 0.3 is 0 Å². The van der Waals surface area contributed by atoms with E-state index < -0.39 is 0 Å². The number of piperidine rings is 1. The smallest absolute Gasteiger partial charge is 0.208 e. The van der Waals surface area contributed by atoms with E-state index in [1.54, 1.807) is 23.1 Å². The average molecular weight is 390 g/mol. The SMILES string of the molecule is Cc1nc(N2CCC(NCCSc3n[nH]c(C)n3)CC2)c2ccsc2n1. The van der Waals surface area contributed by atoms with Gasteiger partial charge < -0.3 is 10.2 Å². The minimum Gasteiger partial charge on any atom is -0.356 e. The number of rotatable bonds is 6. The molecular formula is C17H23N7S2. The Bertz CT molecular complexity index is 867. The van der Waals surface area contributed by atoms with Gasteiger partial charge in [-0.2, -0.15) is 0 Å². The third kappa shape index (κ3) is 3.99. The maximum Gasteiger partial charge on any atom is 0.208 e. The molecule has 9 heteroatoms. The first-order valence-electron chi connectivity index (χ1n) is 8.91. The van der Waals surface area contributed by atoms with Gasteiger partial charge in [0.25, 0.3) is 0 Å². The Balaban J connectivity index is 1.26. The van der Waals surface area contributed by atoms with Crippen molar-refractivity contribution in [3.63, 3.8) is 0 Å². The lowest BCUT2D eigenvalue weighted by molar-refractivity contribution is 0.424. The third-order valence-corrected chi connectivity index (χ3v) is 6.21. The molecule has 0 atom stereocenters. The van der Waals surface area contributed by atoms with Crippen LogP contribution >= 0.6 is 23.1 Å². The fourth-order valence-corrected chi connectivity index (χ4v) is 4.79. The van der Waals surface area contributed by atoms with E-state index in [0.717, 1.165) is 65.7 Å². The summed E-state index contributed by atoms with van der Waals surface area (Å²) < 4.78 is 0. The van der Waals surface area contributed by atoms with Crippen molar-refractivity contribution in [1.82, 2.24) is 30.5 Å². The summed E-state index contributed by atoms with van der Waals surface area (Å²) in [7, 11) is 0. The number of thiophene rings is 1. The van der Waals surface area contributed by atoms with Crippen LogP contribution in [0.1, 0.15) is 24.5 Å². The molecule has 0 bridgehead atoms. The summed E-state index contributed by atoms with van der Waals surface area (Å²) in [6.45, 7) is 6.94. The summed E-state index contributed by atoms with van der Waals surface area (Å²) in [6.07, 6.45) is 2.28.